The highest BCUT2D eigenvalue weighted by molar-refractivity contribution is 6.33. The molecule has 1 amide bonds. The SMILES string of the molecule is NC1(CC(=O)Nc2ccc(C(F)(F)F)cc2Cl)CCC1. The van der Waals surface area contributed by atoms with Gasteiger partial charge in [0, 0.05) is 12.0 Å². The van der Waals surface area contributed by atoms with Crippen LogP contribution < -0.4 is 11.1 Å². The first kappa shape index (κ1) is 15.1. The van der Waals surface area contributed by atoms with Crippen LogP contribution in [-0.4, -0.2) is 11.4 Å². The summed E-state index contributed by atoms with van der Waals surface area (Å²) in [4.78, 5) is 11.8. The van der Waals surface area contributed by atoms with E-state index >= 15 is 0 Å². The lowest BCUT2D eigenvalue weighted by Gasteiger charge is -2.37. The van der Waals surface area contributed by atoms with Crippen LogP contribution in [0.1, 0.15) is 31.2 Å². The van der Waals surface area contributed by atoms with Gasteiger partial charge in [-0.15, -0.1) is 0 Å². The van der Waals surface area contributed by atoms with Crippen LogP contribution in [0.3, 0.4) is 0 Å². The van der Waals surface area contributed by atoms with Gasteiger partial charge in [0.25, 0.3) is 0 Å². The number of nitrogens with one attached hydrogen (secondary N) is 1. The number of hydrogen-bond acceptors (Lipinski definition) is 2. The number of carbonyl (C=O) groups is 1. The van der Waals surface area contributed by atoms with Crippen molar-refractivity contribution in [3.8, 4) is 0 Å². The van der Waals surface area contributed by atoms with Crippen LogP contribution in [0.5, 0.6) is 0 Å². The summed E-state index contributed by atoms with van der Waals surface area (Å²) in [5.74, 6) is -0.339. The average molecular weight is 307 g/mol. The molecule has 3 N–H and O–H groups in total. The molecular formula is C13H14ClF3N2O. The molecule has 0 bridgehead atoms. The lowest BCUT2D eigenvalue weighted by atomic mass is 9.75. The summed E-state index contributed by atoms with van der Waals surface area (Å²) in [6.07, 6.45) is -1.77. The van der Waals surface area contributed by atoms with Gasteiger partial charge in [0.2, 0.25) is 5.91 Å². The van der Waals surface area contributed by atoms with E-state index in [9.17, 15) is 18.0 Å². The molecule has 1 aromatic carbocycles. The highest BCUT2D eigenvalue weighted by Gasteiger charge is 2.35. The van der Waals surface area contributed by atoms with Crippen molar-refractivity contribution >= 4 is 23.2 Å². The quantitative estimate of drug-likeness (QED) is 0.897. The molecule has 0 radical (unpaired) electrons. The van der Waals surface area contributed by atoms with Crippen LogP contribution in [0.4, 0.5) is 18.9 Å². The first-order valence-electron chi connectivity index (χ1n) is 6.15. The van der Waals surface area contributed by atoms with Crippen LogP contribution in [0.2, 0.25) is 5.02 Å². The van der Waals surface area contributed by atoms with E-state index < -0.39 is 17.3 Å². The number of hydrogen-bond donors (Lipinski definition) is 2. The van der Waals surface area contributed by atoms with Gasteiger partial charge in [0.05, 0.1) is 16.3 Å². The summed E-state index contributed by atoms with van der Waals surface area (Å²) >= 11 is 5.75. The molecule has 0 atom stereocenters. The number of alkyl halides is 3. The largest absolute Gasteiger partial charge is 0.416 e. The summed E-state index contributed by atoms with van der Waals surface area (Å²) in [6.45, 7) is 0. The number of halogens is 4. The van der Waals surface area contributed by atoms with Crippen molar-refractivity contribution in [1.82, 2.24) is 0 Å². The molecule has 1 saturated carbocycles. The lowest BCUT2D eigenvalue weighted by Crippen LogP contribution is -2.48. The zero-order chi connectivity index (χ0) is 15.0. The van der Waals surface area contributed by atoms with E-state index in [1.54, 1.807) is 0 Å². The summed E-state index contributed by atoms with van der Waals surface area (Å²) in [5.41, 5.74) is 4.76. The normalized spacial score (nSPS) is 17.4. The van der Waals surface area contributed by atoms with Gasteiger partial charge < -0.3 is 11.1 Å². The molecule has 0 heterocycles. The summed E-state index contributed by atoms with van der Waals surface area (Å²) in [6, 6.07) is 2.81. The third-order valence-corrected chi connectivity index (χ3v) is 3.75. The maximum Gasteiger partial charge on any atom is 0.416 e. The Hall–Kier alpha value is -1.27. The fourth-order valence-corrected chi connectivity index (χ4v) is 2.34. The van der Waals surface area contributed by atoms with Gasteiger partial charge in [-0.2, -0.15) is 13.2 Å². The van der Waals surface area contributed by atoms with E-state index in [0.717, 1.165) is 37.5 Å². The molecule has 7 heteroatoms. The number of carbonyl (C=O) groups excluding carboxylic acids is 1. The molecule has 1 aromatic rings. The Labute approximate surface area is 119 Å². The number of benzene rings is 1. The fraction of sp³-hybridized carbons (Fsp3) is 0.462. The first-order valence-corrected chi connectivity index (χ1v) is 6.53. The fourth-order valence-electron chi connectivity index (χ4n) is 2.11. The van der Waals surface area contributed by atoms with E-state index in [0.29, 0.717) is 0 Å². The summed E-state index contributed by atoms with van der Waals surface area (Å²) < 4.78 is 37.4. The third kappa shape index (κ3) is 3.43. The van der Waals surface area contributed by atoms with Gasteiger partial charge >= 0.3 is 6.18 Å². The van der Waals surface area contributed by atoms with Gasteiger partial charge in [-0.3, -0.25) is 4.79 Å². The second kappa shape index (κ2) is 5.26. The minimum absolute atomic E-state index is 0.143. The summed E-state index contributed by atoms with van der Waals surface area (Å²) in [7, 11) is 0. The van der Waals surface area contributed by atoms with E-state index in [1.165, 1.54) is 0 Å². The Bertz CT molecular complexity index is 527. The molecule has 0 aliphatic heterocycles. The predicted octanol–water partition coefficient (Wildman–Crippen LogP) is 3.57. The molecular weight excluding hydrogens is 293 g/mol. The van der Waals surface area contributed by atoms with Gasteiger partial charge in [0.1, 0.15) is 0 Å². The Morgan fingerprint density at radius 3 is 2.50 bits per heavy atom. The molecule has 2 rings (SSSR count). The molecule has 1 aliphatic rings. The van der Waals surface area contributed by atoms with Gasteiger partial charge in [-0.1, -0.05) is 11.6 Å². The van der Waals surface area contributed by atoms with Gasteiger partial charge in [-0.25, -0.2) is 0 Å². The highest BCUT2D eigenvalue weighted by Crippen LogP contribution is 2.35. The predicted molar refractivity (Wildman–Crippen MR) is 70.5 cm³/mol. The molecule has 20 heavy (non-hydrogen) atoms. The molecule has 0 saturated heterocycles. The van der Waals surface area contributed by atoms with Crippen LogP contribution >= 0.6 is 11.6 Å². The maximum atomic E-state index is 12.5. The molecule has 0 unspecified atom stereocenters. The smallest absolute Gasteiger partial charge is 0.325 e. The molecule has 1 aliphatic carbocycles. The van der Waals surface area contributed by atoms with Crippen molar-refractivity contribution < 1.29 is 18.0 Å². The van der Waals surface area contributed by atoms with Crippen molar-refractivity contribution in [3.63, 3.8) is 0 Å². The van der Waals surface area contributed by atoms with Crippen LogP contribution in [0.15, 0.2) is 18.2 Å². The monoisotopic (exact) mass is 306 g/mol. The Kier molecular flexibility index (Phi) is 3.97. The first-order chi connectivity index (χ1) is 9.20. The minimum atomic E-state index is -4.46. The Morgan fingerprint density at radius 2 is 2.05 bits per heavy atom. The van der Waals surface area contributed by atoms with Crippen molar-refractivity contribution in [1.29, 1.82) is 0 Å². The summed E-state index contributed by atoms with van der Waals surface area (Å²) in [5, 5.41) is 2.35. The van der Waals surface area contributed by atoms with E-state index in [2.05, 4.69) is 5.32 Å². The second-order valence-corrected chi connectivity index (χ2v) is 5.54. The average Bonchev–Trinajstić information content (AvgIpc) is 2.28. The molecule has 3 nitrogen and oxygen atoms in total. The van der Waals surface area contributed by atoms with E-state index in [4.69, 9.17) is 17.3 Å². The molecule has 0 aromatic heterocycles. The van der Waals surface area contributed by atoms with Gasteiger partial charge in [-0.05, 0) is 37.5 Å². The lowest BCUT2D eigenvalue weighted by molar-refractivity contribution is -0.137. The van der Waals surface area contributed by atoms with Crippen LogP contribution in [0, 0.1) is 0 Å². The molecule has 0 spiro atoms. The van der Waals surface area contributed by atoms with Gasteiger partial charge in [0.15, 0.2) is 0 Å². The molecule has 1 fully saturated rings. The van der Waals surface area contributed by atoms with E-state index in [-0.39, 0.29) is 23.0 Å². The number of amides is 1. The number of anilines is 1. The number of nitrogens with two attached hydrogens (primary N) is 1. The van der Waals surface area contributed by atoms with E-state index in [1.807, 2.05) is 0 Å². The van der Waals surface area contributed by atoms with Crippen LogP contribution in [-0.2, 0) is 11.0 Å². The zero-order valence-corrected chi connectivity index (χ0v) is 11.3. The van der Waals surface area contributed by atoms with Crippen molar-refractivity contribution in [2.24, 2.45) is 5.73 Å². The second-order valence-electron chi connectivity index (χ2n) is 5.13. The van der Waals surface area contributed by atoms with Crippen molar-refractivity contribution in [3.05, 3.63) is 28.8 Å². The highest BCUT2D eigenvalue weighted by atomic mass is 35.5. The zero-order valence-electron chi connectivity index (χ0n) is 10.6. The number of rotatable bonds is 3. The van der Waals surface area contributed by atoms with Crippen molar-refractivity contribution in [2.45, 2.75) is 37.4 Å². The standard InChI is InChI=1S/C13H14ClF3N2O/c14-9-6-8(13(15,16)17)2-3-10(9)19-11(20)7-12(18)4-1-5-12/h2-3,6H,1,4-5,7,18H2,(H,19,20). The Morgan fingerprint density at radius 1 is 1.40 bits per heavy atom. The minimum Gasteiger partial charge on any atom is -0.325 e. The maximum absolute atomic E-state index is 12.5. The third-order valence-electron chi connectivity index (χ3n) is 3.43. The topological polar surface area (TPSA) is 55.1 Å². The van der Waals surface area contributed by atoms with Crippen molar-refractivity contribution in [2.75, 3.05) is 5.32 Å². The van der Waals surface area contributed by atoms with Crippen LogP contribution in [0.25, 0.3) is 0 Å². The molecule has 110 valence electrons. The Balaban J connectivity index is 2.04.